The number of rotatable bonds is 10. The predicted molar refractivity (Wildman–Crippen MR) is 145 cm³/mol. The zero-order valence-electron chi connectivity index (χ0n) is 20.8. The lowest BCUT2D eigenvalue weighted by Crippen LogP contribution is -2.02. The van der Waals surface area contributed by atoms with E-state index in [-0.39, 0.29) is 26.4 Å². The minimum Gasteiger partial charge on any atom is -0.491 e. The highest BCUT2D eigenvalue weighted by molar-refractivity contribution is 6.04. The summed E-state index contributed by atoms with van der Waals surface area (Å²) in [5.41, 5.74) is 8.98. The van der Waals surface area contributed by atoms with Gasteiger partial charge in [-0.05, 0) is 71.5 Å². The number of aliphatic hydroxyl groups is 2. The number of aryl methyl sites for hydroxylation is 2. The molecule has 0 atom stereocenters. The minimum atomic E-state index is -0.0252. The maximum Gasteiger partial charge on any atom is 0.119 e. The third-order valence-electron chi connectivity index (χ3n) is 5.94. The molecule has 4 nitrogen and oxygen atoms in total. The van der Waals surface area contributed by atoms with Gasteiger partial charge in [-0.1, -0.05) is 83.9 Å². The second kappa shape index (κ2) is 12.2. The van der Waals surface area contributed by atoms with Crippen molar-refractivity contribution in [3.8, 4) is 11.5 Å². The van der Waals surface area contributed by atoms with Crippen LogP contribution >= 0.6 is 0 Å². The van der Waals surface area contributed by atoms with Crippen LogP contribution in [0.3, 0.4) is 0 Å². The van der Waals surface area contributed by atoms with E-state index in [4.69, 9.17) is 19.7 Å². The number of hydrogen-bond acceptors (Lipinski definition) is 4. The zero-order chi connectivity index (χ0) is 25.3. The van der Waals surface area contributed by atoms with Crippen molar-refractivity contribution in [3.63, 3.8) is 0 Å². The summed E-state index contributed by atoms with van der Waals surface area (Å²) in [5.74, 6) is 1.43. The maximum absolute atomic E-state index is 9.10. The van der Waals surface area contributed by atoms with E-state index >= 15 is 0 Å². The number of ether oxygens (including phenoxy) is 2. The Labute approximate surface area is 213 Å². The number of hydrogen-bond donors (Lipinski definition) is 2. The summed E-state index contributed by atoms with van der Waals surface area (Å²) in [6, 6.07) is 33.2. The minimum absolute atomic E-state index is 0.0252. The third kappa shape index (κ3) is 6.22. The second-order valence-corrected chi connectivity index (χ2v) is 8.67. The fraction of sp³-hybridized carbons (Fsp3) is 0.188. The van der Waals surface area contributed by atoms with Crippen molar-refractivity contribution in [2.45, 2.75) is 13.8 Å². The van der Waals surface area contributed by atoms with Crippen LogP contribution in [-0.2, 0) is 0 Å². The average molecular weight is 481 g/mol. The molecule has 0 bridgehead atoms. The van der Waals surface area contributed by atoms with Gasteiger partial charge in [-0.3, -0.25) is 0 Å². The molecule has 0 unspecified atom stereocenters. The molecule has 4 heteroatoms. The Kier molecular flexibility index (Phi) is 8.56. The SMILES string of the molecule is Cc1ccc(C(=C(c2ccc(OCCO)cc2)c2ccc(OCCO)cc2)c2ccc(C)cc2)cc1. The van der Waals surface area contributed by atoms with Crippen LogP contribution < -0.4 is 9.47 Å². The Morgan fingerprint density at radius 3 is 1.03 bits per heavy atom. The van der Waals surface area contributed by atoms with Crippen LogP contribution in [0.25, 0.3) is 11.1 Å². The monoisotopic (exact) mass is 480 g/mol. The topological polar surface area (TPSA) is 58.9 Å². The Morgan fingerprint density at radius 1 is 0.472 bits per heavy atom. The smallest absolute Gasteiger partial charge is 0.119 e. The van der Waals surface area contributed by atoms with Gasteiger partial charge in [0.1, 0.15) is 24.7 Å². The van der Waals surface area contributed by atoms with E-state index in [1.807, 2.05) is 24.3 Å². The molecular weight excluding hydrogens is 448 g/mol. The molecule has 0 aliphatic carbocycles. The van der Waals surface area contributed by atoms with Crippen molar-refractivity contribution in [2.24, 2.45) is 0 Å². The van der Waals surface area contributed by atoms with E-state index in [1.165, 1.54) is 11.1 Å². The molecule has 0 amide bonds. The van der Waals surface area contributed by atoms with Gasteiger partial charge in [-0.2, -0.15) is 0 Å². The first-order valence-corrected chi connectivity index (χ1v) is 12.2. The van der Waals surface area contributed by atoms with Crippen molar-refractivity contribution in [3.05, 3.63) is 130 Å². The molecule has 4 rings (SSSR count). The highest BCUT2D eigenvalue weighted by Gasteiger charge is 2.17. The van der Waals surface area contributed by atoms with Gasteiger partial charge in [0.15, 0.2) is 0 Å². The highest BCUT2D eigenvalue weighted by atomic mass is 16.5. The first kappa shape index (κ1) is 25.2. The molecule has 2 N–H and O–H groups in total. The molecule has 0 heterocycles. The molecule has 0 saturated heterocycles. The van der Waals surface area contributed by atoms with Gasteiger partial charge in [-0.15, -0.1) is 0 Å². The molecule has 184 valence electrons. The van der Waals surface area contributed by atoms with Crippen LogP contribution in [0.2, 0.25) is 0 Å². The lowest BCUT2D eigenvalue weighted by molar-refractivity contribution is 0.201. The fourth-order valence-electron chi connectivity index (χ4n) is 4.11. The second-order valence-electron chi connectivity index (χ2n) is 8.67. The van der Waals surface area contributed by atoms with Gasteiger partial charge in [-0.25, -0.2) is 0 Å². The van der Waals surface area contributed by atoms with Crippen LogP contribution in [0.4, 0.5) is 0 Å². The molecule has 0 fully saturated rings. The van der Waals surface area contributed by atoms with Crippen molar-refractivity contribution in [1.82, 2.24) is 0 Å². The Hall–Kier alpha value is -3.86. The van der Waals surface area contributed by atoms with Gasteiger partial charge < -0.3 is 19.7 Å². The van der Waals surface area contributed by atoms with Crippen molar-refractivity contribution >= 4 is 11.1 Å². The third-order valence-corrected chi connectivity index (χ3v) is 5.94. The molecule has 0 aliphatic heterocycles. The summed E-state index contributed by atoms with van der Waals surface area (Å²) < 4.78 is 11.2. The standard InChI is InChI=1S/C32H32O4/c1-23-3-7-25(8-4-23)31(26-9-5-24(2)6-10-26)32(27-11-15-29(16-12-27)35-21-19-33)28-13-17-30(18-14-28)36-22-20-34/h3-18,33-34H,19-22H2,1-2H3. The largest absolute Gasteiger partial charge is 0.491 e. The normalized spacial score (nSPS) is 10.7. The predicted octanol–water partition coefficient (Wildman–Crippen LogP) is 6.05. The van der Waals surface area contributed by atoms with Crippen molar-refractivity contribution < 1.29 is 19.7 Å². The highest BCUT2D eigenvalue weighted by Crippen LogP contribution is 2.38. The average Bonchev–Trinajstić information content (AvgIpc) is 2.91. The van der Waals surface area contributed by atoms with Crippen LogP contribution in [0.1, 0.15) is 33.4 Å². The van der Waals surface area contributed by atoms with E-state index in [2.05, 4.69) is 86.6 Å². The molecule has 4 aromatic carbocycles. The van der Waals surface area contributed by atoms with Gasteiger partial charge in [0.05, 0.1) is 13.2 Å². The molecule has 4 aromatic rings. The van der Waals surface area contributed by atoms with E-state index in [1.54, 1.807) is 0 Å². The van der Waals surface area contributed by atoms with Crippen LogP contribution in [0, 0.1) is 13.8 Å². The lowest BCUT2D eigenvalue weighted by atomic mass is 9.85. The van der Waals surface area contributed by atoms with E-state index in [0.717, 1.165) is 33.4 Å². The molecule has 0 aromatic heterocycles. The summed E-state index contributed by atoms with van der Waals surface area (Å²) in [6.07, 6.45) is 0. The van der Waals surface area contributed by atoms with Crippen LogP contribution in [-0.4, -0.2) is 36.6 Å². The first-order chi connectivity index (χ1) is 17.6. The van der Waals surface area contributed by atoms with Gasteiger partial charge in [0, 0.05) is 0 Å². The Balaban J connectivity index is 1.93. The summed E-state index contributed by atoms with van der Waals surface area (Å²) >= 11 is 0. The number of aliphatic hydroxyl groups excluding tert-OH is 2. The fourth-order valence-corrected chi connectivity index (χ4v) is 4.11. The van der Waals surface area contributed by atoms with E-state index < -0.39 is 0 Å². The molecule has 0 saturated carbocycles. The van der Waals surface area contributed by atoms with E-state index in [9.17, 15) is 0 Å². The van der Waals surface area contributed by atoms with Crippen LogP contribution in [0.5, 0.6) is 11.5 Å². The first-order valence-electron chi connectivity index (χ1n) is 12.2. The van der Waals surface area contributed by atoms with E-state index in [0.29, 0.717) is 11.5 Å². The number of benzene rings is 4. The molecule has 0 spiro atoms. The van der Waals surface area contributed by atoms with Crippen molar-refractivity contribution in [2.75, 3.05) is 26.4 Å². The van der Waals surface area contributed by atoms with Crippen LogP contribution in [0.15, 0.2) is 97.1 Å². The zero-order valence-corrected chi connectivity index (χ0v) is 20.8. The molecular formula is C32H32O4. The van der Waals surface area contributed by atoms with Gasteiger partial charge in [0.2, 0.25) is 0 Å². The Bertz CT molecular complexity index is 1170. The summed E-state index contributed by atoms with van der Waals surface area (Å²) in [7, 11) is 0. The molecule has 0 radical (unpaired) electrons. The quantitative estimate of drug-likeness (QED) is 0.271. The maximum atomic E-state index is 9.10. The summed E-state index contributed by atoms with van der Waals surface area (Å²) in [5, 5.41) is 18.2. The lowest BCUT2D eigenvalue weighted by Gasteiger charge is -2.19. The molecule has 36 heavy (non-hydrogen) atoms. The summed E-state index contributed by atoms with van der Waals surface area (Å²) in [4.78, 5) is 0. The van der Waals surface area contributed by atoms with Gasteiger partial charge >= 0.3 is 0 Å². The van der Waals surface area contributed by atoms with Gasteiger partial charge in [0.25, 0.3) is 0 Å². The van der Waals surface area contributed by atoms with Crippen molar-refractivity contribution in [1.29, 1.82) is 0 Å². The summed E-state index contributed by atoms with van der Waals surface area (Å²) in [6.45, 7) is 4.65. The Morgan fingerprint density at radius 2 is 0.750 bits per heavy atom. The molecule has 0 aliphatic rings.